The predicted molar refractivity (Wildman–Crippen MR) is 85.7 cm³/mol. The number of benzene rings is 1. The fraction of sp³-hybridized carbons (Fsp3) is 0.611. The summed E-state index contributed by atoms with van der Waals surface area (Å²) in [6.45, 7) is 3.65. The lowest BCUT2D eigenvalue weighted by Gasteiger charge is -2.41. The molecule has 0 radical (unpaired) electrons. The number of likely N-dealkylation sites (N-methyl/N-ethyl adjacent to an activating group) is 1. The first-order valence-electron chi connectivity index (χ1n) is 8.14. The van der Waals surface area contributed by atoms with E-state index in [1.165, 1.54) is 5.56 Å². The van der Waals surface area contributed by atoms with Gasteiger partial charge >= 0.3 is 0 Å². The van der Waals surface area contributed by atoms with Gasteiger partial charge in [0.05, 0.1) is 13.7 Å². The lowest BCUT2D eigenvalue weighted by molar-refractivity contribution is -0.122. The second-order valence-corrected chi connectivity index (χ2v) is 6.44. The normalized spacial score (nSPS) is 28.5. The fourth-order valence-corrected chi connectivity index (χ4v) is 4.18. The van der Waals surface area contributed by atoms with E-state index in [-0.39, 0.29) is 5.41 Å². The Balaban J connectivity index is 2.01. The maximum absolute atomic E-state index is 11.9. The number of rotatable bonds is 4. The highest BCUT2D eigenvalue weighted by Gasteiger charge is 2.50. The maximum atomic E-state index is 11.9. The molecule has 0 N–H and O–H groups in total. The number of ether oxygens (including phenoxy) is 2. The molecule has 0 spiro atoms. The minimum Gasteiger partial charge on any atom is -0.493 e. The zero-order valence-electron chi connectivity index (χ0n) is 13.7. The van der Waals surface area contributed by atoms with E-state index in [9.17, 15) is 4.79 Å². The van der Waals surface area contributed by atoms with Crippen LogP contribution in [-0.2, 0) is 10.2 Å². The average Bonchev–Trinajstić information content (AvgIpc) is 2.86. The molecular weight excluding hydrogens is 278 g/mol. The van der Waals surface area contributed by atoms with Gasteiger partial charge in [-0.25, -0.2) is 0 Å². The molecule has 4 heteroatoms. The monoisotopic (exact) mass is 303 g/mol. The molecule has 2 fully saturated rings. The van der Waals surface area contributed by atoms with Crippen molar-refractivity contribution >= 4 is 5.78 Å². The van der Waals surface area contributed by atoms with Crippen LogP contribution in [0.15, 0.2) is 18.2 Å². The predicted octanol–water partition coefficient (Wildman–Crippen LogP) is 2.79. The van der Waals surface area contributed by atoms with Gasteiger partial charge in [-0.15, -0.1) is 0 Å². The summed E-state index contributed by atoms with van der Waals surface area (Å²) in [7, 11) is 3.80. The van der Waals surface area contributed by atoms with Gasteiger partial charge in [0, 0.05) is 24.3 Å². The highest BCUT2D eigenvalue weighted by molar-refractivity contribution is 5.81. The molecule has 1 heterocycles. The van der Waals surface area contributed by atoms with Gasteiger partial charge in [0.2, 0.25) is 0 Å². The third-order valence-corrected chi connectivity index (χ3v) is 5.39. The summed E-state index contributed by atoms with van der Waals surface area (Å²) in [5.41, 5.74) is 1.37. The molecule has 1 saturated heterocycles. The third kappa shape index (κ3) is 2.39. The summed E-state index contributed by atoms with van der Waals surface area (Å²) in [6.07, 6.45) is 3.42. The first kappa shape index (κ1) is 15.3. The highest BCUT2D eigenvalue weighted by Crippen LogP contribution is 2.49. The van der Waals surface area contributed by atoms with E-state index in [1.54, 1.807) is 7.11 Å². The van der Waals surface area contributed by atoms with Gasteiger partial charge in [0.15, 0.2) is 11.5 Å². The number of Topliss-reactive ketones (excluding diaryl/α,β-unsaturated/α-hetero) is 1. The van der Waals surface area contributed by atoms with Crippen molar-refractivity contribution in [1.29, 1.82) is 0 Å². The SMILES string of the molecule is CCOc1cc([C@@]23CCC(=O)C[C@@H]2N(C)CC3)ccc1OC. The quantitative estimate of drug-likeness (QED) is 0.857. The van der Waals surface area contributed by atoms with Crippen LogP contribution in [0.25, 0.3) is 0 Å². The number of methoxy groups -OCH3 is 1. The number of nitrogens with zero attached hydrogens (tertiary/aromatic N) is 1. The zero-order chi connectivity index (χ0) is 15.7. The zero-order valence-corrected chi connectivity index (χ0v) is 13.7. The van der Waals surface area contributed by atoms with E-state index >= 15 is 0 Å². The second-order valence-electron chi connectivity index (χ2n) is 6.44. The van der Waals surface area contributed by atoms with Gasteiger partial charge < -0.3 is 14.4 Å². The Bertz CT molecular complexity index is 571. The van der Waals surface area contributed by atoms with Crippen LogP contribution in [0.5, 0.6) is 11.5 Å². The van der Waals surface area contributed by atoms with Crippen LogP contribution in [0.4, 0.5) is 0 Å². The summed E-state index contributed by atoms with van der Waals surface area (Å²) in [5.74, 6) is 1.98. The lowest BCUT2D eigenvalue weighted by Crippen LogP contribution is -2.46. The minimum absolute atomic E-state index is 0.0841. The third-order valence-electron chi connectivity index (χ3n) is 5.39. The van der Waals surface area contributed by atoms with E-state index in [1.807, 2.05) is 13.0 Å². The van der Waals surface area contributed by atoms with E-state index in [0.29, 0.717) is 31.3 Å². The average molecular weight is 303 g/mol. The molecule has 1 aromatic rings. The Hall–Kier alpha value is -1.55. The van der Waals surface area contributed by atoms with Gasteiger partial charge in [-0.2, -0.15) is 0 Å². The number of ketones is 1. The number of hydrogen-bond donors (Lipinski definition) is 0. The summed E-state index contributed by atoms with van der Waals surface area (Å²) < 4.78 is 11.1. The largest absolute Gasteiger partial charge is 0.493 e. The summed E-state index contributed by atoms with van der Waals surface area (Å²) in [5, 5.41) is 0. The van der Waals surface area contributed by atoms with E-state index in [0.717, 1.165) is 30.9 Å². The summed E-state index contributed by atoms with van der Waals surface area (Å²) in [4.78, 5) is 14.3. The van der Waals surface area contributed by atoms with Crippen molar-refractivity contribution in [1.82, 2.24) is 4.90 Å². The van der Waals surface area contributed by atoms with Crippen LogP contribution < -0.4 is 9.47 Å². The van der Waals surface area contributed by atoms with Crippen molar-refractivity contribution in [2.24, 2.45) is 0 Å². The molecule has 0 amide bonds. The van der Waals surface area contributed by atoms with Crippen LogP contribution in [-0.4, -0.2) is 44.0 Å². The molecule has 4 nitrogen and oxygen atoms in total. The fourth-order valence-electron chi connectivity index (χ4n) is 4.18. The lowest BCUT2D eigenvalue weighted by atomic mass is 9.66. The standard InChI is InChI=1S/C18H25NO3/c1-4-22-16-11-13(5-6-15(16)21-3)18-8-7-14(20)12-17(18)19(2)10-9-18/h5-6,11,17H,4,7-10,12H2,1-3H3/t17-,18-/m0/s1. The first-order valence-corrected chi connectivity index (χ1v) is 8.14. The van der Waals surface area contributed by atoms with Crippen LogP contribution in [0.1, 0.15) is 38.2 Å². The molecule has 1 saturated carbocycles. The van der Waals surface area contributed by atoms with Crippen LogP contribution in [0.3, 0.4) is 0 Å². The van der Waals surface area contributed by atoms with Crippen molar-refractivity contribution < 1.29 is 14.3 Å². The van der Waals surface area contributed by atoms with Gasteiger partial charge in [0.1, 0.15) is 5.78 Å². The molecule has 0 bridgehead atoms. The molecule has 2 aliphatic rings. The van der Waals surface area contributed by atoms with Crippen molar-refractivity contribution in [2.45, 2.75) is 44.1 Å². The van der Waals surface area contributed by atoms with E-state index in [2.05, 4.69) is 24.1 Å². The van der Waals surface area contributed by atoms with Gasteiger partial charge in [-0.3, -0.25) is 4.79 Å². The molecule has 1 aliphatic heterocycles. The van der Waals surface area contributed by atoms with E-state index in [4.69, 9.17) is 9.47 Å². The molecule has 1 aliphatic carbocycles. The van der Waals surface area contributed by atoms with Crippen LogP contribution >= 0.6 is 0 Å². The number of likely N-dealkylation sites (tertiary alicyclic amines) is 1. The van der Waals surface area contributed by atoms with Gasteiger partial charge in [0.25, 0.3) is 0 Å². The second kappa shape index (κ2) is 5.92. The molecular formula is C18H25NO3. The number of carbonyl (C=O) groups is 1. The number of carbonyl (C=O) groups excluding carboxylic acids is 1. The molecule has 1 aromatic carbocycles. The summed E-state index contributed by atoms with van der Waals surface area (Å²) >= 11 is 0. The number of hydrogen-bond acceptors (Lipinski definition) is 4. The van der Waals surface area contributed by atoms with Crippen LogP contribution in [0.2, 0.25) is 0 Å². The molecule has 120 valence electrons. The molecule has 0 aromatic heterocycles. The minimum atomic E-state index is 0.0841. The maximum Gasteiger partial charge on any atom is 0.161 e. The Morgan fingerprint density at radius 3 is 2.86 bits per heavy atom. The summed E-state index contributed by atoms with van der Waals surface area (Å²) in [6, 6.07) is 6.60. The topological polar surface area (TPSA) is 38.8 Å². The molecule has 0 unspecified atom stereocenters. The van der Waals surface area contributed by atoms with Crippen molar-refractivity contribution in [3.05, 3.63) is 23.8 Å². The smallest absolute Gasteiger partial charge is 0.161 e. The van der Waals surface area contributed by atoms with Crippen molar-refractivity contribution in [2.75, 3.05) is 27.3 Å². The van der Waals surface area contributed by atoms with Gasteiger partial charge in [-0.1, -0.05) is 6.07 Å². The van der Waals surface area contributed by atoms with Crippen molar-refractivity contribution in [3.8, 4) is 11.5 Å². The molecule has 3 rings (SSSR count). The Labute approximate surface area is 132 Å². The first-order chi connectivity index (χ1) is 10.6. The number of fused-ring (bicyclic) bond motifs is 1. The molecule has 2 atom stereocenters. The van der Waals surface area contributed by atoms with Crippen LogP contribution in [0, 0.1) is 0 Å². The Kier molecular flexibility index (Phi) is 4.13. The van der Waals surface area contributed by atoms with E-state index < -0.39 is 0 Å². The Morgan fingerprint density at radius 2 is 2.14 bits per heavy atom. The highest BCUT2D eigenvalue weighted by atomic mass is 16.5. The Morgan fingerprint density at radius 1 is 1.32 bits per heavy atom. The van der Waals surface area contributed by atoms with Crippen molar-refractivity contribution in [3.63, 3.8) is 0 Å². The molecule has 22 heavy (non-hydrogen) atoms. The van der Waals surface area contributed by atoms with Gasteiger partial charge in [-0.05, 0) is 51.1 Å².